The van der Waals surface area contributed by atoms with Crippen molar-refractivity contribution in [2.24, 2.45) is 0 Å². The lowest BCUT2D eigenvalue weighted by Gasteiger charge is -2.02. The van der Waals surface area contributed by atoms with E-state index in [1.165, 1.54) is 12.1 Å². The molecule has 0 saturated carbocycles. The van der Waals surface area contributed by atoms with Crippen LogP contribution in [0.25, 0.3) is 11.3 Å². The van der Waals surface area contributed by atoms with Gasteiger partial charge in [-0.25, -0.2) is 9.37 Å². The highest BCUT2D eigenvalue weighted by atomic mass is 79.9. The first-order valence-corrected chi connectivity index (χ1v) is 7.20. The van der Waals surface area contributed by atoms with E-state index in [9.17, 15) is 9.18 Å². The van der Waals surface area contributed by atoms with Gasteiger partial charge in [0.1, 0.15) is 17.4 Å². The highest BCUT2D eigenvalue weighted by molar-refractivity contribution is 9.10. The van der Waals surface area contributed by atoms with Crippen LogP contribution in [0.5, 0.6) is 0 Å². The first-order chi connectivity index (χ1) is 10.6. The topological polar surface area (TPSA) is 55.1 Å². The number of carbonyl (C=O) groups excluding carboxylic acids is 1. The number of furan rings is 1. The van der Waals surface area contributed by atoms with Crippen LogP contribution in [-0.2, 0) is 0 Å². The van der Waals surface area contributed by atoms with E-state index in [0.717, 1.165) is 4.47 Å². The fourth-order valence-electron chi connectivity index (χ4n) is 1.89. The van der Waals surface area contributed by atoms with Gasteiger partial charge >= 0.3 is 0 Å². The number of halogens is 2. The minimum absolute atomic E-state index is 0.0861. The zero-order valence-electron chi connectivity index (χ0n) is 11.2. The van der Waals surface area contributed by atoms with Gasteiger partial charge in [-0.1, -0.05) is 12.1 Å². The van der Waals surface area contributed by atoms with Gasteiger partial charge in [-0.05, 0) is 52.3 Å². The Hall–Kier alpha value is -2.47. The van der Waals surface area contributed by atoms with Crippen LogP contribution in [-0.4, -0.2) is 10.9 Å². The molecule has 0 radical (unpaired) electrons. The predicted octanol–water partition coefficient (Wildman–Crippen LogP) is 4.50. The van der Waals surface area contributed by atoms with Crippen LogP contribution >= 0.6 is 15.9 Å². The standard InChI is InChI=1S/C16H10BrFN2O2/c17-10-5-8-15(19-9-10)20-16(21)14-7-6-13(22-14)11-3-1-2-4-12(11)18/h1-9H,(H,19,20,21). The van der Waals surface area contributed by atoms with E-state index in [1.807, 2.05) is 0 Å². The molecule has 0 spiro atoms. The van der Waals surface area contributed by atoms with Gasteiger partial charge in [-0.2, -0.15) is 0 Å². The number of nitrogens with one attached hydrogen (secondary N) is 1. The Labute approximate surface area is 134 Å². The Balaban J connectivity index is 1.80. The second-order valence-corrected chi connectivity index (χ2v) is 5.38. The second kappa shape index (κ2) is 6.11. The van der Waals surface area contributed by atoms with Crippen LogP contribution in [0.1, 0.15) is 10.6 Å². The first-order valence-electron chi connectivity index (χ1n) is 6.41. The van der Waals surface area contributed by atoms with Crippen molar-refractivity contribution in [1.82, 2.24) is 4.98 Å². The fourth-order valence-corrected chi connectivity index (χ4v) is 2.13. The zero-order chi connectivity index (χ0) is 15.5. The van der Waals surface area contributed by atoms with E-state index in [2.05, 4.69) is 26.2 Å². The van der Waals surface area contributed by atoms with Gasteiger partial charge < -0.3 is 9.73 Å². The van der Waals surface area contributed by atoms with Crippen molar-refractivity contribution in [3.63, 3.8) is 0 Å². The molecule has 2 heterocycles. The summed E-state index contributed by atoms with van der Waals surface area (Å²) in [4.78, 5) is 16.1. The zero-order valence-corrected chi connectivity index (χ0v) is 12.8. The number of carbonyl (C=O) groups is 1. The van der Waals surface area contributed by atoms with Crippen molar-refractivity contribution in [3.05, 3.63) is 70.8 Å². The molecule has 0 bridgehead atoms. The summed E-state index contributed by atoms with van der Waals surface area (Å²) in [6.07, 6.45) is 1.57. The fraction of sp³-hybridized carbons (Fsp3) is 0. The summed E-state index contributed by atoms with van der Waals surface area (Å²) in [5.74, 6) is -0.0668. The quantitative estimate of drug-likeness (QED) is 0.748. The van der Waals surface area contributed by atoms with Crippen LogP contribution in [0.4, 0.5) is 10.2 Å². The molecule has 3 aromatic rings. The number of nitrogens with zero attached hydrogens (tertiary/aromatic N) is 1. The van der Waals surface area contributed by atoms with Gasteiger partial charge in [0.05, 0.1) is 5.56 Å². The molecule has 0 atom stereocenters. The average Bonchev–Trinajstić information content (AvgIpc) is 3.00. The molecular formula is C16H10BrFN2O2. The highest BCUT2D eigenvalue weighted by Gasteiger charge is 2.14. The van der Waals surface area contributed by atoms with E-state index >= 15 is 0 Å². The maximum Gasteiger partial charge on any atom is 0.292 e. The highest BCUT2D eigenvalue weighted by Crippen LogP contribution is 2.25. The molecule has 0 saturated heterocycles. The van der Waals surface area contributed by atoms with Gasteiger partial charge in [0.15, 0.2) is 5.76 Å². The lowest BCUT2D eigenvalue weighted by atomic mass is 10.1. The average molecular weight is 361 g/mol. The normalized spacial score (nSPS) is 10.5. The lowest BCUT2D eigenvalue weighted by Crippen LogP contribution is -2.11. The van der Waals surface area contributed by atoms with Crippen LogP contribution in [0.2, 0.25) is 0 Å². The van der Waals surface area contributed by atoms with Crippen LogP contribution in [0.15, 0.2) is 63.6 Å². The summed E-state index contributed by atoms with van der Waals surface area (Å²) in [6.45, 7) is 0. The molecule has 0 fully saturated rings. The molecule has 22 heavy (non-hydrogen) atoms. The van der Waals surface area contributed by atoms with Crippen molar-refractivity contribution in [2.75, 3.05) is 5.32 Å². The van der Waals surface area contributed by atoms with Gasteiger partial charge in [0, 0.05) is 10.7 Å². The molecule has 1 amide bonds. The summed E-state index contributed by atoms with van der Waals surface area (Å²) in [7, 11) is 0. The first kappa shape index (κ1) is 14.5. The van der Waals surface area contributed by atoms with Gasteiger partial charge in [-0.15, -0.1) is 0 Å². The molecule has 110 valence electrons. The number of rotatable bonds is 3. The third kappa shape index (κ3) is 3.07. The molecule has 1 N–H and O–H groups in total. The van der Waals surface area contributed by atoms with Gasteiger partial charge in [0.2, 0.25) is 0 Å². The minimum atomic E-state index is -0.447. The van der Waals surface area contributed by atoms with E-state index in [-0.39, 0.29) is 5.76 Å². The van der Waals surface area contributed by atoms with Crippen molar-refractivity contribution in [1.29, 1.82) is 0 Å². The Morgan fingerprint density at radius 1 is 1.14 bits per heavy atom. The monoisotopic (exact) mass is 360 g/mol. The summed E-state index contributed by atoms with van der Waals surface area (Å²) in [6, 6.07) is 12.7. The molecule has 0 aliphatic heterocycles. The molecular weight excluding hydrogens is 351 g/mol. The van der Waals surface area contributed by atoms with Crippen molar-refractivity contribution in [2.45, 2.75) is 0 Å². The van der Waals surface area contributed by atoms with Crippen LogP contribution in [0, 0.1) is 5.82 Å². The Morgan fingerprint density at radius 3 is 2.68 bits per heavy atom. The van der Waals surface area contributed by atoms with E-state index in [0.29, 0.717) is 17.1 Å². The Bertz CT molecular complexity index is 815. The van der Waals surface area contributed by atoms with Gasteiger partial charge in [0.25, 0.3) is 5.91 Å². The molecule has 3 rings (SSSR count). The maximum atomic E-state index is 13.7. The van der Waals surface area contributed by atoms with E-state index in [4.69, 9.17) is 4.42 Å². The molecule has 4 nitrogen and oxygen atoms in total. The third-order valence-corrected chi connectivity index (χ3v) is 3.41. The molecule has 0 aliphatic carbocycles. The number of aromatic nitrogens is 1. The summed E-state index contributed by atoms with van der Waals surface area (Å²) >= 11 is 3.26. The predicted molar refractivity (Wildman–Crippen MR) is 84.0 cm³/mol. The number of hydrogen-bond acceptors (Lipinski definition) is 3. The van der Waals surface area contributed by atoms with Crippen LogP contribution < -0.4 is 5.32 Å². The van der Waals surface area contributed by atoms with Crippen molar-refractivity contribution in [3.8, 4) is 11.3 Å². The Morgan fingerprint density at radius 2 is 1.95 bits per heavy atom. The summed E-state index contributed by atoms with van der Waals surface area (Å²) in [5, 5.41) is 2.61. The third-order valence-electron chi connectivity index (χ3n) is 2.94. The number of hydrogen-bond donors (Lipinski definition) is 1. The smallest absolute Gasteiger partial charge is 0.292 e. The molecule has 0 aliphatic rings. The maximum absolute atomic E-state index is 13.7. The van der Waals surface area contributed by atoms with Gasteiger partial charge in [-0.3, -0.25) is 4.79 Å². The molecule has 1 aromatic carbocycles. The largest absolute Gasteiger partial charge is 0.451 e. The van der Waals surface area contributed by atoms with E-state index < -0.39 is 11.7 Å². The van der Waals surface area contributed by atoms with Crippen molar-refractivity contribution >= 4 is 27.7 Å². The molecule has 2 aromatic heterocycles. The second-order valence-electron chi connectivity index (χ2n) is 4.46. The number of anilines is 1. The Kier molecular flexibility index (Phi) is 4.02. The number of amides is 1. The SMILES string of the molecule is O=C(Nc1ccc(Br)cn1)c1ccc(-c2ccccc2F)o1. The minimum Gasteiger partial charge on any atom is -0.451 e. The number of benzene rings is 1. The number of pyridine rings is 1. The molecule has 0 unspecified atom stereocenters. The molecule has 6 heteroatoms. The van der Waals surface area contributed by atoms with E-state index in [1.54, 1.807) is 42.6 Å². The summed E-state index contributed by atoms with van der Waals surface area (Å²) in [5.41, 5.74) is 0.309. The summed E-state index contributed by atoms with van der Waals surface area (Å²) < 4.78 is 19.9. The van der Waals surface area contributed by atoms with Crippen molar-refractivity contribution < 1.29 is 13.6 Å². The lowest BCUT2D eigenvalue weighted by molar-refractivity contribution is 0.0997. The van der Waals surface area contributed by atoms with Crippen LogP contribution in [0.3, 0.4) is 0 Å².